The Hall–Kier alpha value is -3.12. The average Bonchev–Trinajstić information content (AvgIpc) is 3.08. The summed E-state index contributed by atoms with van der Waals surface area (Å²) >= 11 is 0. The number of hydroxylamine groups is 1. The summed E-state index contributed by atoms with van der Waals surface area (Å²) < 4.78 is 5.82. The number of nitrogens with zero attached hydrogens (tertiary/aromatic N) is 1. The number of amides is 1. The normalized spacial score (nSPS) is 11.4. The fraction of sp³-hybridized carbons (Fsp3) is 0.273. The maximum Gasteiger partial charge on any atom is 0.267 e. The summed E-state index contributed by atoms with van der Waals surface area (Å²) in [5.74, 6) is 1.80. The van der Waals surface area contributed by atoms with E-state index in [1.165, 1.54) is 6.08 Å². The van der Waals surface area contributed by atoms with E-state index in [4.69, 9.17) is 9.94 Å². The van der Waals surface area contributed by atoms with Crippen LogP contribution in [-0.2, 0) is 11.2 Å². The van der Waals surface area contributed by atoms with Crippen molar-refractivity contribution >= 4 is 23.0 Å². The first-order chi connectivity index (χ1) is 13.5. The van der Waals surface area contributed by atoms with Crippen molar-refractivity contribution < 1.29 is 14.7 Å². The van der Waals surface area contributed by atoms with Gasteiger partial charge in [-0.1, -0.05) is 38.1 Å². The molecule has 1 aromatic heterocycles. The molecule has 0 aliphatic heterocycles. The summed E-state index contributed by atoms with van der Waals surface area (Å²) in [5, 5.41) is 8.49. The quantitative estimate of drug-likeness (QED) is 0.312. The molecule has 146 valence electrons. The lowest BCUT2D eigenvalue weighted by atomic mass is 10.1. The van der Waals surface area contributed by atoms with E-state index in [2.05, 4.69) is 23.8 Å². The molecule has 0 bridgehead atoms. The van der Waals surface area contributed by atoms with Gasteiger partial charge in [0, 0.05) is 18.6 Å². The molecule has 0 unspecified atom stereocenters. The van der Waals surface area contributed by atoms with E-state index in [1.54, 1.807) is 11.6 Å². The van der Waals surface area contributed by atoms with E-state index in [0.717, 1.165) is 40.2 Å². The molecule has 0 saturated carbocycles. The number of carbonyl (C=O) groups is 1. The molecule has 2 aromatic carbocycles. The summed E-state index contributed by atoms with van der Waals surface area (Å²) in [6.07, 6.45) is 4.62. The molecule has 6 nitrogen and oxygen atoms in total. The molecule has 3 N–H and O–H groups in total. The maximum absolute atomic E-state index is 11.0. The van der Waals surface area contributed by atoms with Gasteiger partial charge >= 0.3 is 0 Å². The van der Waals surface area contributed by atoms with Gasteiger partial charge in [0.25, 0.3) is 5.91 Å². The number of hydrogen-bond donors (Lipinski definition) is 3. The summed E-state index contributed by atoms with van der Waals surface area (Å²) in [4.78, 5) is 19.0. The smallest absolute Gasteiger partial charge is 0.267 e. The van der Waals surface area contributed by atoms with Crippen LogP contribution >= 0.6 is 0 Å². The van der Waals surface area contributed by atoms with Gasteiger partial charge in [0.05, 0.1) is 17.6 Å². The Morgan fingerprint density at radius 1 is 1.25 bits per heavy atom. The number of nitrogens with one attached hydrogen (secondary N) is 2. The van der Waals surface area contributed by atoms with Crippen molar-refractivity contribution in [3.8, 4) is 5.75 Å². The number of hydrogen-bond acceptors (Lipinski definition) is 4. The van der Waals surface area contributed by atoms with Gasteiger partial charge in [-0.3, -0.25) is 10.0 Å². The highest BCUT2D eigenvalue weighted by Gasteiger charge is 2.06. The van der Waals surface area contributed by atoms with Gasteiger partial charge < -0.3 is 9.72 Å². The van der Waals surface area contributed by atoms with E-state index < -0.39 is 5.91 Å². The third-order valence-corrected chi connectivity index (χ3v) is 4.35. The van der Waals surface area contributed by atoms with E-state index in [9.17, 15) is 4.79 Å². The van der Waals surface area contributed by atoms with Crippen LogP contribution in [0.25, 0.3) is 17.1 Å². The minimum absolute atomic E-state index is 0.557. The average molecular weight is 379 g/mol. The van der Waals surface area contributed by atoms with Crippen LogP contribution in [0.3, 0.4) is 0 Å². The summed E-state index contributed by atoms with van der Waals surface area (Å²) in [5.41, 5.74) is 5.43. The first-order valence-corrected chi connectivity index (χ1v) is 9.36. The zero-order valence-electron chi connectivity index (χ0n) is 16.1. The molecule has 28 heavy (non-hydrogen) atoms. The maximum atomic E-state index is 11.0. The molecular formula is C22H25N3O3. The second-order valence-electron chi connectivity index (χ2n) is 7.12. The standard InChI is InChI=1S/C22H25N3O3/c1-15(2)11-12-28-18-8-9-19-20(14-18)24-21(23-19)13-17-5-3-16(4-6-17)7-10-22(26)25-27/h3-10,14-15,27H,11-13H2,1-2H3,(H,23,24)(H,25,26)/b10-7+. The molecule has 0 spiro atoms. The molecule has 0 aliphatic rings. The number of aromatic nitrogens is 2. The van der Waals surface area contributed by atoms with Crippen LogP contribution in [0.1, 0.15) is 37.2 Å². The van der Waals surface area contributed by atoms with Gasteiger partial charge in [-0.05, 0) is 41.7 Å². The third-order valence-electron chi connectivity index (χ3n) is 4.35. The summed E-state index contributed by atoms with van der Waals surface area (Å²) in [6.45, 7) is 5.08. The first-order valence-electron chi connectivity index (χ1n) is 9.36. The predicted molar refractivity (Wildman–Crippen MR) is 109 cm³/mol. The predicted octanol–water partition coefficient (Wildman–Crippen LogP) is 4.10. The van der Waals surface area contributed by atoms with Crippen molar-refractivity contribution in [1.29, 1.82) is 0 Å². The highest BCUT2D eigenvalue weighted by molar-refractivity contribution is 5.90. The highest BCUT2D eigenvalue weighted by atomic mass is 16.5. The van der Waals surface area contributed by atoms with Crippen LogP contribution in [0.5, 0.6) is 5.75 Å². The van der Waals surface area contributed by atoms with Crippen LogP contribution < -0.4 is 10.2 Å². The van der Waals surface area contributed by atoms with Gasteiger partial charge in [0.15, 0.2) is 0 Å². The van der Waals surface area contributed by atoms with E-state index in [0.29, 0.717) is 18.9 Å². The van der Waals surface area contributed by atoms with Crippen molar-refractivity contribution in [1.82, 2.24) is 15.4 Å². The monoisotopic (exact) mass is 379 g/mol. The Labute approximate surface area is 164 Å². The van der Waals surface area contributed by atoms with Crippen molar-refractivity contribution in [2.75, 3.05) is 6.61 Å². The molecule has 0 atom stereocenters. The van der Waals surface area contributed by atoms with Gasteiger partial charge in [-0.25, -0.2) is 10.5 Å². The molecule has 0 saturated heterocycles. The third kappa shape index (κ3) is 5.44. The van der Waals surface area contributed by atoms with Crippen LogP contribution in [0.4, 0.5) is 0 Å². The second-order valence-corrected chi connectivity index (χ2v) is 7.12. The van der Waals surface area contributed by atoms with E-state index in [1.807, 2.05) is 42.5 Å². The lowest BCUT2D eigenvalue weighted by Crippen LogP contribution is -2.14. The summed E-state index contributed by atoms with van der Waals surface area (Å²) in [6, 6.07) is 13.7. The number of H-pyrrole nitrogens is 1. The number of fused-ring (bicyclic) bond motifs is 1. The molecule has 0 fully saturated rings. The molecule has 0 aliphatic carbocycles. The molecule has 3 rings (SSSR count). The highest BCUT2D eigenvalue weighted by Crippen LogP contribution is 2.21. The SMILES string of the molecule is CC(C)CCOc1ccc2nc(Cc3ccc(/C=C/C(=O)NO)cc3)[nH]c2c1. The minimum Gasteiger partial charge on any atom is -0.494 e. The van der Waals surface area contributed by atoms with Gasteiger partial charge in [0.1, 0.15) is 11.6 Å². The zero-order chi connectivity index (χ0) is 19.9. The van der Waals surface area contributed by atoms with Crippen LogP contribution in [0, 0.1) is 5.92 Å². The van der Waals surface area contributed by atoms with E-state index in [-0.39, 0.29) is 0 Å². The van der Waals surface area contributed by atoms with Gasteiger partial charge in [-0.15, -0.1) is 0 Å². The Balaban J connectivity index is 1.65. The van der Waals surface area contributed by atoms with Crippen LogP contribution in [-0.4, -0.2) is 27.7 Å². The number of ether oxygens (including phenoxy) is 1. The molecule has 6 heteroatoms. The first kappa shape index (κ1) is 19.6. The lowest BCUT2D eigenvalue weighted by Gasteiger charge is -2.07. The number of carbonyl (C=O) groups excluding carboxylic acids is 1. The lowest BCUT2D eigenvalue weighted by molar-refractivity contribution is -0.124. The number of benzene rings is 2. The molecular weight excluding hydrogens is 354 g/mol. The van der Waals surface area contributed by atoms with Crippen molar-refractivity contribution in [3.63, 3.8) is 0 Å². The fourth-order valence-corrected chi connectivity index (χ4v) is 2.78. The Bertz CT molecular complexity index is 959. The minimum atomic E-state index is -0.557. The molecule has 1 heterocycles. The number of rotatable bonds is 8. The Kier molecular flexibility index (Phi) is 6.45. The van der Waals surface area contributed by atoms with Crippen LogP contribution in [0.2, 0.25) is 0 Å². The largest absolute Gasteiger partial charge is 0.494 e. The molecule has 3 aromatic rings. The van der Waals surface area contributed by atoms with Crippen molar-refractivity contribution in [3.05, 3.63) is 65.5 Å². The van der Waals surface area contributed by atoms with Crippen LogP contribution in [0.15, 0.2) is 48.5 Å². The Morgan fingerprint density at radius 3 is 2.75 bits per heavy atom. The zero-order valence-corrected chi connectivity index (χ0v) is 16.1. The van der Waals surface area contributed by atoms with Gasteiger partial charge in [-0.2, -0.15) is 0 Å². The molecule has 0 radical (unpaired) electrons. The number of imidazole rings is 1. The molecule has 1 amide bonds. The van der Waals surface area contributed by atoms with Crippen molar-refractivity contribution in [2.45, 2.75) is 26.7 Å². The summed E-state index contributed by atoms with van der Waals surface area (Å²) in [7, 11) is 0. The van der Waals surface area contributed by atoms with Gasteiger partial charge in [0.2, 0.25) is 0 Å². The second kappa shape index (κ2) is 9.19. The fourth-order valence-electron chi connectivity index (χ4n) is 2.78. The number of aromatic amines is 1. The Morgan fingerprint density at radius 2 is 2.04 bits per heavy atom. The topological polar surface area (TPSA) is 87.2 Å². The van der Waals surface area contributed by atoms with Crippen molar-refractivity contribution in [2.24, 2.45) is 5.92 Å². The van der Waals surface area contributed by atoms with E-state index >= 15 is 0 Å².